The number of carbonyl (C=O) groups is 2. The molecule has 0 bridgehead atoms. The highest BCUT2D eigenvalue weighted by molar-refractivity contribution is 5.92. The van der Waals surface area contributed by atoms with E-state index in [2.05, 4.69) is 10.6 Å². The molecule has 0 aromatic heterocycles. The van der Waals surface area contributed by atoms with E-state index in [1.165, 1.54) is 0 Å². The highest BCUT2D eigenvalue weighted by Crippen LogP contribution is 2.47. The van der Waals surface area contributed by atoms with Crippen LogP contribution in [0.2, 0.25) is 0 Å². The molecule has 0 radical (unpaired) electrons. The van der Waals surface area contributed by atoms with Crippen LogP contribution in [0.25, 0.3) is 0 Å². The van der Waals surface area contributed by atoms with Crippen LogP contribution in [0.15, 0.2) is 36.4 Å². The first-order valence-corrected chi connectivity index (χ1v) is 12.6. The maximum atomic E-state index is 13.9. The molecule has 0 spiro atoms. The standard InChI is InChI=1S/C27H30F2N2O6/c28-17-1-3-22(29)16(9-17)13-30-25(33)12-19-11-21-20-10-18(31-27(34)15-5-7-35-8-6-15)2-4-23(20)37-26(21)24(14-32)36-19/h1-4,9-10,15,19,21,24,26,32H,5-8,11-14H2,(H,30,33)(H,31,34)/t19-,21-,24-,26+/m0/s1. The second-order valence-corrected chi connectivity index (χ2v) is 9.75. The minimum absolute atomic E-state index is 0.00777. The van der Waals surface area contributed by atoms with E-state index in [4.69, 9.17) is 14.2 Å². The molecule has 0 aliphatic carbocycles. The van der Waals surface area contributed by atoms with Crippen molar-refractivity contribution in [2.75, 3.05) is 25.1 Å². The summed E-state index contributed by atoms with van der Waals surface area (Å²) in [6, 6.07) is 8.57. The maximum Gasteiger partial charge on any atom is 0.227 e. The molecule has 2 aromatic rings. The van der Waals surface area contributed by atoms with Crippen LogP contribution < -0.4 is 15.4 Å². The molecule has 3 aliphatic rings. The van der Waals surface area contributed by atoms with Crippen LogP contribution in [-0.2, 0) is 25.6 Å². The predicted octanol–water partition coefficient (Wildman–Crippen LogP) is 3.03. The molecule has 2 aromatic carbocycles. The van der Waals surface area contributed by atoms with Crippen LogP contribution in [0.3, 0.4) is 0 Å². The van der Waals surface area contributed by atoms with Crippen molar-refractivity contribution in [2.45, 2.75) is 56.5 Å². The summed E-state index contributed by atoms with van der Waals surface area (Å²) in [4.78, 5) is 25.3. The number of rotatable bonds is 7. The van der Waals surface area contributed by atoms with Crippen molar-refractivity contribution in [3.63, 3.8) is 0 Å². The Kier molecular flexibility index (Phi) is 7.68. The van der Waals surface area contributed by atoms with Crippen molar-refractivity contribution in [3.8, 4) is 5.75 Å². The van der Waals surface area contributed by atoms with E-state index in [0.29, 0.717) is 43.9 Å². The molecule has 3 N–H and O–H groups in total. The van der Waals surface area contributed by atoms with Gasteiger partial charge >= 0.3 is 0 Å². The average molecular weight is 517 g/mol. The third-order valence-electron chi connectivity index (χ3n) is 7.26. The number of fused-ring (bicyclic) bond motifs is 3. The molecule has 10 heteroatoms. The highest BCUT2D eigenvalue weighted by Gasteiger charge is 2.46. The van der Waals surface area contributed by atoms with E-state index in [9.17, 15) is 23.5 Å². The number of ether oxygens (including phenoxy) is 3. The number of halogens is 2. The first-order valence-electron chi connectivity index (χ1n) is 12.6. The Balaban J connectivity index is 1.24. The summed E-state index contributed by atoms with van der Waals surface area (Å²) in [6.45, 7) is 0.727. The van der Waals surface area contributed by atoms with Gasteiger partial charge < -0.3 is 30.0 Å². The second kappa shape index (κ2) is 11.1. The third-order valence-corrected chi connectivity index (χ3v) is 7.26. The zero-order valence-corrected chi connectivity index (χ0v) is 20.3. The van der Waals surface area contributed by atoms with Crippen LogP contribution in [0.4, 0.5) is 14.5 Å². The van der Waals surface area contributed by atoms with Gasteiger partial charge in [-0.1, -0.05) is 0 Å². The number of hydrogen-bond donors (Lipinski definition) is 3. The number of hydrogen-bond acceptors (Lipinski definition) is 6. The Bertz CT molecular complexity index is 1160. The Labute approximate surface area is 213 Å². The van der Waals surface area contributed by atoms with E-state index in [1.54, 1.807) is 12.1 Å². The summed E-state index contributed by atoms with van der Waals surface area (Å²) in [6.07, 6.45) is 0.281. The molecule has 2 saturated heterocycles. The van der Waals surface area contributed by atoms with Gasteiger partial charge in [0.1, 0.15) is 29.6 Å². The Hall–Kier alpha value is -3.08. The third kappa shape index (κ3) is 5.76. The average Bonchev–Trinajstić information content (AvgIpc) is 3.27. The molecule has 2 fully saturated rings. The van der Waals surface area contributed by atoms with Gasteiger partial charge in [0, 0.05) is 48.4 Å². The maximum absolute atomic E-state index is 13.9. The molecule has 4 atom stereocenters. The summed E-state index contributed by atoms with van der Waals surface area (Å²) in [5.41, 5.74) is 1.61. The zero-order chi connectivity index (χ0) is 25.9. The van der Waals surface area contributed by atoms with Crippen LogP contribution >= 0.6 is 0 Å². The molecule has 37 heavy (non-hydrogen) atoms. The van der Waals surface area contributed by atoms with Crippen molar-refractivity contribution < 1.29 is 37.7 Å². The quantitative estimate of drug-likeness (QED) is 0.523. The van der Waals surface area contributed by atoms with Gasteiger partial charge in [-0.3, -0.25) is 9.59 Å². The molecule has 5 rings (SSSR count). The summed E-state index contributed by atoms with van der Waals surface area (Å²) < 4.78 is 44.7. The van der Waals surface area contributed by atoms with Crippen LogP contribution in [0.1, 0.15) is 42.7 Å². The lowest BCUT2D eigenvalue weighted by Crippen LogP contribution is -2.47. The molecule has 8 nitrogen and oxygen atoms in total. The Morgan fingerprint density at radius 3 is 2.68 bits per heavy atom. The normalized spacial score (nSPS) is 25.1. The number of aliphatic hydroxyl groups is 1. The number of amides is 2. The van der Waals surface area contributed by atoms with Crippen molar-refractivity contribution in [2.24, 2.45) is 5.92 Å². The van der Waals surface area contributed by atoms with Gasteiger partial charge in [0.05, 0.1) is 19.1 Å². The van der Waals surface area contributed by atoms with Crippen molar-refractivity contribution in [1.29, 1.82) is 0 Å². The predicted molar refractivity (Wildman–Crippen MR) is 129 cm³/mol. The summed E-state index contributed by atoms with van der Waals surface area (Å²) in [5.74, 6) is -1.16. The molecule has 3 aliphatic heterocycles. The topological polar surface area (TPSA) is 106 Å². The van der Waals surface area contributed by atoms with Gasteiger partial charge in [0.25, 0.3) is 0 Å². The zero-order valence-electron chi connectivity index (χ0n) is 20.3. The molecular formula is C27H30F2N2O6. The molecule has 3 heterocycles. The summed E-state index contributed by atoms with van der Waals surface area (Å²) in [5, 5.41) is 15.6. The van der Waals surface area contributed by atoms with Crippen LogP contribution in [0.5, 0.6) is 5.75 Å². The number of nitrogens with one attached hydrogen (secondary N) is 2. The minimum Gasteiger partial charge on any atom is -0.487 e. The van der Waals surface area contributed by atoms with Crippen molar-refractivity contribution >= 4 is 17.5 Å². The van der Waals surface area contributed by atoms with Crippen molar-refractivity contribution in [1.82, 2.24) is 5.32 Å². The van der Waals surface area contributed by atoms with E-state index in [1.807, 2.05) is 6.07 Å². The number of aliphatic hydroxyl groups excluding tert-OH is 1. The lowest BCUT2D eigenvalue weighted by molar-refractivity contribution is -0.142. The van der Waals surface area contributed by atoms with Gasteiger partial charge in [-0.25, -0.2) is 8.78 Å². The summed E-state index contributed by atoms with van der Waals surface area (Å²) in [7, 11) is 0. The molecule has 198 valence electrons. The lowest BCUT2D eigenvalue weighted by atomic mass is 9.84. The largest absolute Gasteiger partial charge is 0.487 e. The number of carbonyl (C=O) groups excluding carboxylic acids is 2. The van der Waals surface area contributed by atoms with E-state index < -0.39 is 29.9 Å². The number of benzene rings is 2. The second-order valence-electron chi connectivity index (χ2n) is 9.75. The van der Waals surface area contributed by atoms with E-state index >= 15 is 0 Å². The SMILES string of the molecule is O=C(C[C@@H]1C[C@H]2c3cc(NC(=O)C4CCOCC4)ccc3O[C@H]2[C@H](CO)O1)NCc1cc(F)ccc1F. The van der Waals surface area contributed by atoms with Gasteiger partial charge in [-0.15, -0.1) is 0 Å². The fourth-order valence-electron chi connectivity index (χ4n) is 5.32. The first kappa shape index (κ1) is 25.6. The number of anilines is 1. The first-order chi connectivity index (χ1) is 17.9. The summed E-state index contributed by atoms with van der Waals surface area (Å²) >= 11 is 0. The highest BCUT2D eigenvalue weighted by atomic mass is 19.1. The van der Waals surface area contributed by atoms with Gasteiger partial charge in [0.15, 0.2) is 0 Å². The fourth-order valence-corrected chi connectivity index (χ4v) is 5.32. The molecule has 2 amide bonds. The van der Waals surface area contributed by atoms with E-state index in [-0.39, 0.29) is 48.8 Å². The van der Waals surface area contributed by atoms with Gasteiger partial charge in [0.2, 0.25) is 11.8 Å². The van der Waals surface area contributed by atoms with E-state index in [0.717, 1.165) is 23.8 Å². The Morgan fingerprint density at radius 1 is 1.08 bits per heavy atom. The van der Waals surface area contributed by atoms with Crippen LogP contribution in [0, 0.1) is 17.6 Å². The van der Waals surface area contributed by atoms with Gasteiger partial charge in [-0.05, 0) is 55.7 Å². The van der Waals surface area contributed by atoms with Gasteiger partial charge in [-0.2, -0.15) is 0 Å². The van der Waals surface area contributed by atoms with Crippen molar-refractivity contribution in [3.05, 3.63) is 59.2 Å². The monoisotopic (exact) mass is 516 g/mol. The molecular weight excluding hydrogens is 486 g/mol. The lowest BCUT2D eigenvalue weighted by Gasteiger charge is -2.37. The Morgan fingerprint density at radius 2 is 1.89 bits per heavy atom. The minimum atomic E-state index is -0.634. The molecule has 0 unspecified atom stereocenters. The van der Waals surface area contributed by atoms with Crippen LogP contribution in [-0.4, -0.2) is 55.1 Å². The molecule has 0 saturated carbocycles. The smallest absolute Gasteiger partial charge is 0.227 e. The fraction of sp³-hybridized carbons (Fsp3) is 0.481.